The van der Waals surface area contributed by atoms with E-state index in [0.29, 0.717) is 5.95 Å². The summed E-state index contributed by atoms with van der Waals surface area (Å²) in [5, 5.41) is 0. The van der Waals surface area contributed by atoms with Crippen molar-refractivity contribution >= 4 is 5.95 Å². The average Bonchev–Trinajstić information content (AvgIpc) is 2.99. The Morgan fingerprint density at radius 2 is 1.11 bits per heavy atom. The minimum Gasteiger partial charge on any atom is -0.369 e. The van der Waals surface area contributed by atoms with E-state index in [2.05, 4.69) is 77.4 Å². The van der Waals surface area contributed by atoms with Crippen molar-refractivity contribution in [1.29, 1.82) is 0 Å². The first-order valence-corrected chi connectivity index (χ1v) is 9.25. The topological polar surface area (TPSA) is 43.8 Å². The summed E-state index contributed by atoms with van der Waals surface area (Å²) in [6.07, 6.45) is 1.61. The standard InChI is InChI=1S/C24H23N3/c25-24-26-22(16-19-10-4-1-5-11-19)23(17-20-12-6-2-7-13-20)27(24)18-21-14-8-3-9-15-21/h1-15H,16-18H2,(H2,25,26). The fourth-order valence-corrected chi connectivity index (χ4v) is 3.42. The van der Waals surface area contributed by atoms with Gasteiger partial charge in [-0.05, 0) is 16.7 Å². The van der Waals surface area contributed by atoms with Crippen LogP contribution in [-0.4, -0.2) is 9.55 Å². The molecule has 27 heavy (non-hydrogen) atoms. The van der Waals surface area contributed by atoms with Crippen molar-refractivity contribution in [3.05, 3.63) is 119 Å². The van der Waals surface area contributed by atoms with E-state index < -0.39 is 0 Å². The highest BCUT2D eigenvalue weighted by Crippen LogP contribution is 2.22. The van der Waals surface area contributed by atoms with Gasteiger partial charge >= 0.3 is 0 Å². The Morgan fingerprint density at radius 3 is 1.67 bits per heavy atom. The fourth-order valence-electron chi connectivity index (χ4n) is 3.42. The van der Waals surface area contributed by atoms with E-state index in [4.69, 9.17) is 10.7 Å². The second kappa shape index (κ2) is 7.92. The van der Waals surface area contributed by atoms with Crippen LogP contribution >= 0.6 is 0 Å². The van der Waals surface area contributed by atoms with Crippen LogP contribution in [0.1, 0.15) is 28.1 Å². The number of hydrogen-bond acceptors (Lipinski definition) is 2. The van der Waals surface area contributed by atoms with Crippen molar-refractivity contribution < 1.29 is 0 Å². The van der Waals surface area contributed by atoms with Gasteiger partial charge in [-0.25, -0.2) is 4.98 Å². The summed E-state index contributed by atoms with van der Waals surface area (Å²) in [4.78, 5) is 4.74. The van der Waals surface area contributed by atoms with Crippen molar-refractivity contribution in [1.82, 2.24) is 9.55 Å². The smallest absolute Gasteiger partial charge is 0.200 e. The molecule has 0 amide bonds. The Kier molecular flexibility index (Phi) is 5.01. The molecule has 0 aliphatic carbocycles. The highest BCUT2D eigenvalue weighted by Gasteiger charge is 2.16. The van der Waals surface area contributed by atoms with Crippen LogP contribution < -0.4 is 5.73 Å². The second-order valence-electron chi connectivity index (χ2n) is 6.76. The minimum absolute atomic E-state index is 0.579. The molecule has 3 heteroatoms. The number of nitrogen functional groups attached to an aromatic ring is 1. The number of anilines is 1. The molecular formula is C24H23N3. The van der Waals surface area contributed by atoms with Crippen molar-refractivity contribution in [2.45, 2.75) is 19.4 Å². The molecule has 0 unspecified atom stereocenters. The normalized spacial score (nSPS) is 10.8. The Balaban J connectivity index is 1.72. The van der Waals surface area contributed by atoms with Crippen LogP contribution in [0.4, 0.5) is 5.95 Å². The van der Waals surface area contributed by atoms with Crippen LogP contribution in [0.15, 0.2) is 91.0 Å². The van der Waals surface area contributed by atoms with Gasteiger partial charge in [0.15, 0.2) is 0 Å². The Morgan fingerprint density at radius 1 is 0.630 bits per heavy atom. The maximum absolute atomic E-state index is 6.35. The van der Waals surface area contributed by atoms with Gasteiger partial charge in [-0.2, -0.15) is 0 Å². The van der Waals surface area contributed by atoms with E-state index in [1.807, 2.05) is 18.2 Å². The molecule has 3 nitrogen and oxygen atoms in total. The second-order valence-corrected chi connectivity index (χ2v) is 6.76. The Hall–Kier alpha value is -3.33. The lowest BCUT2D eigenvalue weighted by atomic mass is 10.0. The molecule has 0 saturated carbocycles. The van der Waals surface area contributed by atoms with E-state index in [9.17, 15) is 0 Å². The number of hydrogen-bond donors (Lipinski definition) is 1. The van der Waals surface area contributed by atoms with Crippen molar-refractivity contribution in [2.24, 2.45) is 0 Å². The molecule has 4 rings (SSSR count). The number of aromatic nitrogens is 2. The largest absolute Gasteiger partial charge is 0.369 e. The van der Waals surface area contributed by atoms with Crippen molar-refractivity contribution in [2.75, 3.05) is 5.73 Å². The number of benzene rings is 3. The zero-order valence-electron chi connectivity index (χ0n) is 15.3. The molecule has 1 aromatic heterocycles. The van der Waals surface area contributed by atoms with Gasteiger partial charge in [0.1, 0.15) is 0 Å². The van der Waals surface area contributed by atoms with E-state index in [-0.39, 0.29) is 0 Å². The first-order chi connectivity index (χ1) is 13.3. The lowest BCUT2D eigenvalue weighted by Crippen LogP contribution is -2.09. The monoisotopic (exact) mass is 353 g/mol. The van der Waals surface area contributed by atoms with E-state index in [1.54, 1.807) is 0 Å². The van der Waals surface area contributed by atoms with Crippen LogP contribution in [-0.2, 0) is 19.4 Å². The molecule has 0 fully saturated rings. The lowest BCUT2D eigenvalue weighted by Gasteiger charge is -2.12. The summed E-state index contributed by atoms with van der Waals surface area (Å²) in [6, 6.07) is 31.4. The van der Waals surface area contributed by atoms with Crippen LogP contribution in [0.2, 0.25) is 0 Å². The first kappa shape index (κ1) is 17.1. The lowest BCUT2D eigenvalue weighted by molar-refractivity contribution is 0.760. The van der Waals surface area contributed by atoms with E-state index in [1.165, 1.54) is 22.4 Å². The quantitative estimate of drug-likeness (QED) is 0.546. The molecule has 0 atom stereocenters. The third-order valence-electron chi connectivity index (χ3n) is 4.80. The SMILES string of the molecule is Nc1nc(Cc2ccccc2)c(Cc2ccccc2)n1Cc1ccccc1. The van der Waals surface area contributed by atoms with Gasteiger partial charge in [0.2, 0.25) is 5.95 Å². The zero-order chi connectivity index (χ0) is 18.5. The minimum atomic E-state index is 0.579. The molecule has 3 aromatic carbocycles. The maximum atomic E-state index is 6.35. The van der Waals surface area contributed by atoms with Gasteiger partial charge in [0.05, 0.1) is 12.2 Å². The number of imidazole rings is 1. The van der Waals surface area contributed by atoms with Crippen molar-refractivity contribution in [3.8, 4) is 0 Å². The van der Waals surface area contributed by atoms with Crippen LogP contribution in [0, 0.1) is 0 Å². The van der Waals surface area contributed by atoms with Crippen LogP contribution in [0.3, 0.4) is 0 Å². The van der Waals surface area contributed by atoms with Crippen LogP contribution in [0.5, 0.6) is 0 Å². The predicted molar refractivity (Wildman–Crippen MR) is 111 cm³/mol. The summed E-state index contributed by atoms with van der Waals surface area (Å²) in [7, 11) is 0. The van der Waals surface area contributed by atoms with Gasteiger partial charge < -0.3 is 10.3 Å². The third kappa shape index (κ3) is 4.09. The molecular weight excluding hydrogens is 330 g/mol. The van der Waals surface area contributed by atoms with Crippen molar-refractivity contribution in [3.63, 3.8) is 0 Å². The molecule has 2 N–H and O–H groups in total. The van der Waals surface area contributed by atoms with Gasteiger partial charge in [0, 0.05) is 18.5 Å². The maximum Gasteiger partial charge on any atom is 0.200 e. The summed E-state index contributed by atoms with van der Waals surface area (Å²) in [5.41, 5.74) is 12.3. The number of rotatable bonds is 6. The number of nitrogens with zero attached hydrogens (tertiary/aromatic N) is 2. The molecule has 0 spiro atoms. The zero-order valence-corrected chi connectivity index (χ0v) is 15.3. The Bertz CT molecular complexity index is 990. The molecule has 0 aliphatic heterocycles. The third-order valence-corrected chi connectivity index (χ3v) is 4.80. The van der Waals surface area contributed by atoms with Gasteiger partial charge in [-0.1, -0.05) is 91.0 Å². The molecule has 0 aliphatic rings. The molecule has 1 heterocycles. The predicted octanol–water partition coefficient (Wildman–Crippen LogP) is 4.70. The molecule has 134 valence electrons. The highest BCUT2D eigenvalue weighted by molar-refractivity contribution is 5.37. The summed E-state index contributed by atoms with van der Waals surface area (Å²) in [6.45, 7) is 0.733. The number of nitrogens with two attached hydrogens (primary N) is 1. The molecule has 0 bridgehead atoms. The van der Waals surface area contributed by atoms with Gasteiger partial charge in [0.25, 0.3) is 0 Å². The average molecular weight is 353 g/mol. The summed E-state index contributed by atoms with van der Waals surface area (Å²) >= 11 is 0. The molecule has 0 radical (unpaired) electrons. The molecule has 0 saturated heterocycles. The highest BCUT2D eigenvalue weighted by atomic mass is 15.2. The summed E-state index contributed by atoms with van der Waals surface area (Å²) in [5.74, 6) is 0.579. The van der Waals surface area contributed by atoms with Gasteiger partial charge in [-0.3, -0.25) is 0 Å². The summed E-state index contributed by atoms with van der Waals surface area (Å²) < 4.78 is 2.15. The molecule has 4 aromatic rings. The van der Waals surface area contributed by atoms with E-state index in [0.717, 1.165) is 25.1 Å². The fraction of sp³-hybridized carbons (Fsp3) is 0.125. The van der Waals surface area contributed by atoms with Gasteiger partial charge in [-0.15, -0.1) is 0 Å². The Labute approximate surface area is 160 Å². The first-order valence-electron chi connectivity index (χ1n) is 9.25. The van der Waals surface area contributed by atoms with Crippen LogP contribution in [0.25, 0.3) is 0 Å². The van der Waals surface area contributed by atoms with E-state index >= 15 is 0 Å².